The number of carbonyl (C=O) groups is 2. The van der Waals surface area contributed by atoms with Gasteiger partial charge >= 0.3 is 6.03 Å². The van der Waals surface area contributed by atoms with E-state index >= 15 is 0 Å². The molecule has 1 aromatic carbocycles. The van der Waals surface area contributed by atoms with Crippen LogP contribution in [0.15, 0.2) is 36.5 Å². The van der Waals surface area contributed by atoms with Gasteiger partial charge in [-0.2, -0.15) is 0 Å². The van der Waals surface area contributed by atoms with Crippen molar-refractivity contribution in [1.29, 1.82) is 0 Å². The highest BCUT2D eigenvalue weighted by Gasteiger charge is 2.27. The lowest BCUT2D eigenvalue weighted by Gasteiger charge is -2.08. The number of aromatic nitrogens is 1. The van der Waals surface area contributed by atoms with E-state index in [4.69, 9.17) is 0 Å². The number of hydrogen-bond acceptors (Lipinski definition) is 2. The van der Waals surface area contributed by atoms with Gasteiger partial charge in [-0.1, -0.05) is 0 Å². The fraction of sp³-hybridized carbons (Fsp3) is 0.176. The average molecular weight is 310 g/mol. The van der Waals surface area contributed by atoms with Crippen LogP contribution in [0.1, 0.15) is 25.1 Å². The highest BCUT2D eigenvalue weighted by Crippen LogP contribution is 2.37. The van der Waals surface area contributed by atoms with E-state index in [-0.39, 0.29) is 11.9 Å². The number of aromatic amines is 1. The zero-order valence-corrected chi connectivity index (χ0v) is 13.0. The Morgan fingerprint density at radius 1 is 1.26 bits per heavy atom. The van der Waals surface area contributed by atoms with Crippen molar-refractivity contribution in [2.24, 2.45) is 0 Å². The summed E-state index contributed by atoms with van der Waals surface area (Å²) < 4.78 is 0. The largest absolute Gasteiger partial charge is 0.361 e. The van der Waals surface area contributed by atoms with Crippen LogP contribution in [0.3, 0.4) is 0 Å². The first-order valence-electron chi connectivity index (χ1n) is 7.45. The van der Waals surface area contributed by atoms with Gasteiger partial charge in [-0.15, -0.1) is 0 Å². The van der Waals surface area contributed by atoms with Crippen LogP contribution in [0.5, 0.6) is 0 Å². The molecule has 0 fully saturated rings. The van der Waals surface area contributed by atoms with Crippen LogP contribution in [0.4, 0.5) is 16.2 Å². The highest BCUT2D eigenvalue weighted by atomic mass is 16.2. The molecule has 0 saturated heterocycles. The topological polar surface area (TPSA) is 86.0 Å². The number of hydrogen-bond donors (Lipinski definition) is 4. The summed E-state index contributed by atoms with van der Waals surface area (Å²) in [7, 11) is 0. The fourth-order valence-corrected chi connectivity index (χ4v) is 2.65. The first-order chi connectivity index (χ1) is 11.1. The summed E-state index contributed by atoms with van der Waals surface area (Å²) in [4.78, 5) is 27.1. The molecule has 0 bridgehead atoms. The highest BCUT2D eigenvalue weighted by molar-refractivity contribution is 6.36. The molecule has 6 heteroatoms. The van der Waals surface area contributed by atoms with Crippen molar-refractivity contribution < 1.29 is 9.59 Å². The van der Waals surface area contributed by atoms with Gasteiger partial charge in [-0.25, -0.2) is 4.79 Å². The smallest absolute Gasteiger partial charge is 0.319 e. The molecular weight excluding hydrogens is 292 g/mol. The van der Waals surface area contributed by atoms with Gasteiger partial charge in [-0.3, -0.25) is 4.79 Å². The second-order valence-electron chi connectivity index (χ2n) is 5.28. The maximum atomic E-state index is 12.3. The third-order valence-electron chi connectivity index (χ3n) is 3.74. The fourth-order valence-electron chi connectivity index (χ4n) is 2.65. The molecule has 1 aliphatic rings. The summed E-state index contributed by atoms with van der Waals surface area (Å²) in [6.07, 6.45) is 1.82. The molecule has 0 saturated carbocycles. The monoisotopic (exact) mass is 310 g/mol. The molecule has 1 aromatic heterocycles. The molecule has 23 heavy (non-hydrogen) atoms. The number of carbonyl (C=O) groups excluding carboxylic acids is 2. The molecule has 0 radical (unpaired) electrons. The summed E-state index contributed by atoms with van der Waals surface area (Å²) >= 11 is 0. The Kier molecular flexibility index (Phi) is 3.89. The van der Waals surface area contributed by atoms with E-state index in [0.717, 1.165) is 22.5 Å². The van der Waals surface area contributed by atoms with Crippen LogP contribution >= 0.6 is 0 Å². The number of amides is 3. The zero-order valence-electron chi connectivity index (χ0n) is 13.0. The van der Waals surface area contributed by atoms with E-state index in [0.29, 0.717) is 17.8 Å². The number of rotatable bonds is 3. The van der Waals surface area contributed by atoms with Crippen LogP contribution in [-0.4, -0.2) is 23.5 Å². The van der Waals surface area contributed by atoms with Crippen LogP contribution in [0.25, 0.3) is 11.1 Å². The third-order valence-corrected chi connectivity index (χ3v) is 3.74. The van der Waals surface area contributed by atoms with E-state index in [9.17, 15) is 9.59 Å². The standard InChI is InChI=1S/C17H18N4O2/c1-3-18-17(23)20-11-6-7-14-12(9-11)15(16(22)21-14)10(2)13-5-4-8-19-13/h4-9,19H,3H2,1-2H3,(H,21,22)(H2,18,20,23)/b15-10+. The number of nitrogens with one attached hydrogen (secondary N) is 4. The normalized spacial score (nSPS) is 15.0. The van der Waals surface area contributed by atoms with Gasteiger partial charge < -0.3 is 20.9 Å². The molecule has 3 rings (SSSR count). The minimum Gasteiger partial charge on any atom is -0.361 e. The SMILES string of the molecule is CCNC(=O)Nc1ccc2c(c1)/C(=C(/C)c1ccc[nH]1)C(=O)N2. The van der Waals surface area contributed by atoms with Gasteiger partial charge in [0.15, 0.2) is 0 Å². The average Bonchev–Trinajstić information content (AvgIpc) is 3.13. The Balaban J connectivity index is 2.00. The van der Waals surface area contributed by atoms with Gasteiger partial charge in [-0.05, 0) is 49.8 Å². The van der Waals surface area contributed by atoms with E-state index in [1.54, 1.807) is 12.1 Å². The zero-order chi connectivity index (χ0) is 16.4. The van der Waals surface area contributed by atoms with Crippen molar-refractivity contribution in [1.82, 2.24) is 10.3 Å². The van der Waals surface area contributed by atoms with Crippen molar-refractivity contribution in [3.8, 4) is 0 Å². The Morgan fingerprint density at radius 2 is 2.09 bits per heavy atom. The molecule has 1 aliphatic heterocycles. The van der Waals surface area contributed by atoms with Crippen molar-refractivity contribution in [3.63, 3.8) is 0 Å². The molecule has 4 N–H and O–H groups in total. The van der Waals surface area contributed by atoms with E-state index in [2.05, 4.69) is 20.9 Å². The summed E-state index contributed by atoms with van der Waals surface area (Å²) in [5.74, 6) is -0.137. The molecule has 0 unspecified atom stereocenters. The molecule has 3 amide bonds. The molecule has 6 nitrogen and oxygen atoms in total. The number of H-pyrrole nitrogens is 1. The van der Waals surface area contributed by atoms with Gasteiger partial charge in [0, 0.05) is 35.4 Å². The number of benzene rings is 1. The number of anilines is 2. The Bertz CT molecular complexity index is 791. The Hall–Kier alpha value is -3.02. The molecule has 0 atom stereocenters. The summed E-state index contributed by atoms with van der Waals surface area (Å²) in [6, 6.07) is 8.91. The molecule has 0 aliphatic carbocycles. The van der Waals surface area contributed by atoms with Gasteiger partial charge in [0.05, 0.1) is 5.57 Å². The molecule has 2 aromatic rings. The second kappa shape index (κ2) is 6.00. The lowest BCUT2D eigenvalue weighted by atomic mass is 9.99. The molecular formula is C17H18N4O2. The van der Waals surface area contributed by atoms with Crippen LogP contribution in [-0.2, 0) is 4.79 Å². The first-order valence-corrected chi connectivity index (χ1v) is 7.45. The minimum atomic E-state index is -0.267. The van der Waals surface area contributed by atoms with Crippen molar-refractivity contribution >= 4 is 34.5 Å². The van der Waals surface area contributed by atoms with Gasteiger partial charge in [0.1, 0.15) is 0 Å². The summed E-state index contributed by atoms with van der Waals surface area (Å²) in [5, 5.41) is 8.30. The maximum absolute atomic E-state index is 12.3. The predicted octanol–water partition coefficient (Wildman–Crippen LogP) is 3.04. The quantitative estimate of drug-likeness (QED) is 0.657. The maximum Gasteiger partial charge on any atom is 0.319 e. The van der Waals surface area contributed by atoms with Crippen LogP contribution < -0.4 is 16.0 Å². The van der Waals surface area contributed by atoms with E-state index < -0.39 is 0 Å². The van der Waals surface area contributed by atoms with Crippen molar-refractivity contribution in [2.75, 3.05) is 17.2 Å². The van der Waals surface area contributed by atoms with E-state index in [1.165, 1.54) is 0 Å². The Labute approximate surface area is 134 Å². The lowest BCUT2D eigenvalue weighted by molar-refractivity contribution is -0.110. The number of fused-ring (bicyclic) bond motifs is 1. The van der Waals surface area contributed by atoms with Crippen molar-refractivity contribution in [3.05, 3.63) is 47.8 Å². The van der Waals surface area contributed by atoms with Crippen LogP contribution in [0, 0.1) is 0 Å². The third kappa shape index (κ3) is 2.83. The van der Waals surface area contributed by atoms with Crippen LogP contribution in [0.2, 0.25) is 0 Å². The number of allylic oxidation sites excluding steroid dienone is 1. The summed E-state index contributed by atoms with van der Waals surface area (Å²) in [5.41, 5.74) is 4.55. The predicted molar refractivity (Wildman–Crippen MR) is 91.0 cm³/mol. The second-order valence-corrected chi connectivity index (χ2v) is 5.28. The summed E-state index contributed by atoms with van der Waals surface area (Å²) in [6.45, 7) is 4.30. The van der Waals surface area contributed by atoms with Gasteiger partial charge in [0.25, 0.3) is 5.91 Å². The molecule has 2 heterocycles. The first kappa shape index (κ1) is 14.9. The van der Waals surface area contributed by atoms with Crippen molar-refractivity contribution in [2.45, 2.75) is 13.8 Å². The lowest BCUT2D eigenvalue weighted by Crippen LogP contribution is -2.28. The molecule has 0 spiro atoms. The van der Waals surface area contributed by atoms with E-state index in [1.807, 2.05) is 38.2 Å². The Morgan fingerprint density at radius 3 is 2.78 bits per heavy atom. The molecule has 118 valence electrons. The van der Waals surface area contributed by atoms with Gasteiger partial charge in [0.2, 0.25) is 0 Å². The number of urea groups is 1. The minimum absolute atomic E-state index is 0.137.